The van der Waals surface area contributed by atoms with E-state index >= 15 is 0 Å². The van der Waals surface area contributed by atoms with E-state index < -0.39 is 53.2 Å². The molecule has 0 fully saturated rings. The zero-order chi connectivity index (χ0) is 30.6. The van der Waals surface area contributed by atoms with Gasteiger partial charge in [0, 0.05) is 12.5 Å². The van der Waals surface area contributed by atoms with Gasteiger partial charge < -0.3 is 26.4 Å². The van der Waals surface area contributed by atoms with Crippen molar-refractivity contribution in [1.82, 2.24) is 16.0 Å². The quantitative estimate of drug-likeness (QED) is 0.260. The van der Waals surface area contributed by atoms with Gasteiger partial charge in [-0.25, -0.2) is 4.39 Å². The third kappa shape index (κ3) is 12.8. The van der Waals surface area contributed by atoms with Gasteiger partial charge in [-0.05, 0) is 62.4 Å². The maximum Gasteiger partial charge on any atom is 0.245 e. The van der Waals surface area contributed by atoms with Gasteiger partial charge in [-0.3, -0.25) is 19.2 Å². The fourth-order valence-electron chi connectivity index (χ4n) is 3.80. The van der Waals surface area contributed by atoms with Crippen LogP contribution in [0.1, 0.15) is 52.2 Å². The Balaban J connectivity index is 2.25. The van der Waals surface area contributed by atoms with Crippen LogP contribution in [0.15, 0.2) is 60.7 Å². The Labute approximate surface area is 241 Å². The van der Waals surface area contributed by atoms with Gasteiger partial charge in [-0.1, -0.05) is 56.3 Å². The molecule has 2 aromatic carbocycles. The highest BCUT2D eigenvalue weighted by molar-refractivity contribution is 5.97. The van der Waals surface area contributed by atoms with Crippen molar-refractivity contribution in [3.05, 3.63) is 77.6 Å². The smallest absolute Gasteiger partial charge is 0.245 e. The monoisotopic (exact) mass is 568 g/mol. The molecule has 0 aliphatic heterocycles. The number of carbonyl (C=O) groups excluding carboxylic acids is 4. The molecule has 10 heteroatoms. The Morgan fingerprint density at radius 1 is 0.878 bits per heavy atom. The summed E-state index contributed by atoms with van der Waals surface area (Å²) in [6.07, 6.45) is 3.22. The van der Waals surface area contributed by atoms with Crippen LogP contribution < -0.4 is 21.7 Å². The molecule has 5 N–H and O–H groups in total. The fourth-order valence-corrected chi connectivity index (χ4v) is 3.80. The number of primary amides is 1. The van der Waals surface area contributed by atoms with E-state index in [0.717, 1.165) is 5.56 Å². The molecule has 0 aliphatic rings. The number of hydrogen-bond acceptors (Lipinski definition) is 5. The molecule has 2 aromatic rings. The summed E-state index contributed by atoms with van der Waals surface area (Å²) in [5.74, 6) is -2.80. The van der Waals surface area contributed by atoms with E-state index in [1.165, 1.54) is 36.4 Å². The first-order chi connectivity index (χ1) is 19.2. The van der Waals surface area contributed by atoms with Crippen LogP contribution in [0.25, 0.3) is 6.08 Å². The zero-order valence-corrected chi connectivity index (χ0v) is 24.3. The molecule has 4 amide bonds. The van der Waals surface area contributed by atoms with Gasteiger partial charge in [0.15, 0.2) is 0 Å². The highest BCUT2D eigenvalue weighted by Crippen LogP contribution is 2.10. The number of amides is 4. The van der Waals surface area contributed by atoms with Crippen LogP contribution in [0.4, 0.5) is 4.39 Å². The van der Waals surface area contributed by atoms with Crippen LogP contribution in [0.3, 0.4) is 0 Å². The first-order valence-electron chi connectivity index (χ1n) is 13.6. The Hall–Kier alpha value is -4.05. The van der Waals surface area contributed by atoms with E-state index in [1.807, 2.05) is 44.2 Å². The third-order valence-electron chi connectivity index (χ3n) is 5.90. The third-order valence-corrected chi connectivity index (χ3v) is 5.90. The maximum absolute atomic E-state index is 13.5. The van der Waals surface area contributed by atoms with Crippen LogP contribution in [0.2, 0.25) is 0 Å². The van der Waals surface area contributed by atoms with Gasteiger partial charge in [0.25, 0.3) is 0 Å². The summed E-state index contributed by atoms with van der Waals surface area (Å²) < 4.78 is 19.0. The second kappa shape index (κ2) is 15.7. The van der Waals surface area contributed by atoms with E-state index in [9.17, 15) is 23.6 Å². The summed E-state index contributed by atoms with van der Waals surface area (Å²) >= 11 is 0. The van der Waals surface area contributed by atoms with Gasteiger partial charge in [0.2, 0.25) is 23.6 Å². The summed E-state index contributed by atoms with van der Waals surface area (Å²) in [7, 11) is 0. The zero-order valence-electron chi connectivity index (χ0n) is 24.3. The molecule has 0 spiro atoms. The molecule has 222 valence electrons. The lowest BCUT2D eigenvalue weighted by molar-refractivity contribution is -0.135. The van der Waals surface area contributed by atoms with E-state index in [1.54, 1.807) is 20.8 Å². The Bertz CT molecular complexity index is 1190. The van der Waals surface area contributed by atoms with Crippen molar-refractivity contribution in [3.63, 3.8) is 0 Å². The standard InChI is InChI=1S/C31H41FN4O5/c1-20(2)17-24(28(33)38)35-30(40)26(19-41-31(3,4)5)36-29(39)25(18-22-9-7-6-8-10-22)34-27(37)16-13-21-11-14-23(32)15-12-21/h6-16,20,24-26H,17-19H2,1-5H3,(H2,33,38)(H,34,37)(H,35,40)(H,36,39)/b16-13+/t24-,25-,26-/m0/s1. The number of rotatable bonds is 14. The first-order valence-corrected chi connectivity index (χ1v) is 13.6. The Kier molecular flexibility index (Phi) is 12.7. The summed E-state index contributed by atoms with van der Waals surface area (Å²) in [5, 5.41) is 8.00. The lowest BCUT2D eigenvalue weighted by Crippen LogP contribution is -2.58. The molecule has 3 atom stereocenters. The highest BCUT2D eigenvalue weighted by atomic mass is 19.1. The maximum atomic E-state index is 13.5. The molecule has 0 aromatic heterocycles. The Morgan fingerprint density at radius 2 is 1.46 bits per heavy atom. The number of nitrogens with one attached hydrogen (secondary N) is 3. The molecule has 41 heavy (non-hydrogen) atoms. The van der Waals surface area contributed by atoms with E-state index in [4.69, 9.17) is 10.5 Å². The molecule has 0 saturated carbocycles. The van der Waals surface area contributed by atoms with Crippen LogP contribution in [0, 0.1) is 11.7 Å². The molecular weight excluding hydrogens is 527 g/mol. The second-order valence-corrected chi connectivity index (χ2v) is 11.2. The normalized spacial score (nSPS) is 13.8. The minimum Gasteiger partial charge on any atom is -0.373 e. The number of hydrogen-bond donors (Lipinski definition) is 4. The Morgan fingerprint density at radius 3 is 2.02 bits per heavy atom. The largest absolute Gasteiger partial charge is 0.373 e. The van der Waals surface area contributed by atoms with Crippen LogP contribution >= 0.6 is 0 Å². The van der Waals surface area contributed by atoms with E-state index in [2.05, 4.69) is 16.0 Å². The van der Waals surface area contributed by atoms with Gasteiger partial charge in [0.05, 0.1) is 12.2 Å². The molecule has 0 radical (unpaired) electrons. The molecule has 0 bridgehead atoms. The SMILES string of the molecule is CC(C)C[C@H](NC(=O)[C@H](COC(C)(C)C)NC(=O)[C@H](Cc1ccccc1)NC(=O)/C=C/c1ccc(F)cc1)C(N)=O. The molecule has 0 heterocycles. The predicted molar refractivity (Wildman–Crippen MR) is 156 cm³/mol. The van der Waals surface area contributed by atoms with Crippen molar-refractivity contribution in [2.24, 2.45) is 11.7 Å². The first kappa shape index (κ1) is 33.2. The van der Waals surface area contributed by atoms with Gasteiger partial charge in [0.1, 0.15) is 23.9 Å². The minimum absolute atomic E-state index is 0.0834. The average molecular weight is 569 g/mol. The fraction of sp³-hybridized carbons (Fsp3) is 0.419. The summed E-state index contributed by atoms with van der Waals surface area (Å²) in [4.78, 5) is 51.5. The minimum atomic E-state index is -1.17. The molecule has 9 nitrogen and oxygen atoms in total. The van der Waals surface area contributed by atoms with E-state index in [0.29, 0.717) is 12.0 Å². The van der Waals surface area contributed by atoms with Crippen molar-refractivity contribution in [2.45, 2.75) is 71.2 Å². The predicted octanol–water partition coefficient (Wildman–Crippen LogP) is 2.88. The van der Waals surface area contributed by atoms with Crippen LogP contribution in [0.5, 0.6) is 0 Å². The summed E-state index contributed by atoms with van der Waals surface area (Å²) in [6.45, 7) is 9.03. The van der Waals surface area contributed by atoms with Crippen molar-refractivity contribution in [3.8, 4) is 0 Å². The van der Waals surface area contributed by atoms with Gasteiger partial charge in [-0.2, -0.15) is 0 Å². The van der Waals surface area contributed by atoms with Crippen molar-refractivity contribution in [1.29, 1.82) is 0 Å². The lowest BCUT2D eigenvalue weighted by Gasteiger charge is -2.28. The molecule has 0 unspecified atom stereocenters. The van der Waals surface area contributed by atoms with E-state index in [-0.39, 0.29) is 18.9 Å². The van der Waals surface area contributed by atoms with Crippen molar-refractivity contribution >= 4 is 29.7 Å². The number of nitrogens with two attached hydrogens (primary N) is 1. The molecule has 0 aliphatic carbocycles. The molecule has 2 rings (SSSR count). The van der Waals surface area contributed by atoms with Crippen molar-refractivity contribution < 1.29 is 28.3 Å². The second-order valence-electron chi connectivity index (χ2n) is 11.2. The summed E-state index contributed by atoms with van der Waals surface area (Å²) in [6, 6.07) is 11.5. The topological polar surface area (TPSA) is 140 Å². The lowest BCUT2D eigenvalue weighted by atomic mass is 10.0. The van der Waals surface area contributed by atoms with Crippen LogP contribution in [-0.4, -0.2) is 54.0 Å². The van der Waals surface area contributed by atoms with Gasteiger partial charge in [-0.15, -0.1) is 0 Å². The number of halogens is 1. The number of benzene rings is 2. The number of ether oxygens (including phenoxy) is 1. The summed E-state index contributed by atoms with van der Waals surface area (Å²) in [5.41, 5.74) is 6.27. The number of carbonyl (C=O) groups is 4. The van der Waals surface area contributed by atoms with Crippen LogP contribution in [-0.2, 0) is 30.3 Å². The van der Waals surface area contributed by atoms with Gasteiger partial charge >= 0.3 is 0 Å². The van der Waals surface area contributed by atoms with Crippen molar-refractivity contribution in [2.75, 3.05) is 6.61 Å². The molecule has 0 saturated heterocycles. The highest BCUT2D eigenvalue weighted by Gasteiger charge is 2.30. The average Bonchev–Trinajstić information content (AvgIpc) is 2.89. The molecular formula is C31H41FN4O5.